The van der Waals surface area contributed by atoms with Crippen LogP contribution in [-0.2, 0) is 41.9 Å². The van der Waals surface area contributed by atoms with Crippen LogP contribution in [0.15, 0.2) is 46.1 Å². The number of aliphatic imine (C=N–C) groups is 1. The van der Waals surface area contributed by atoms with Gasteiger partial charge in [0.2, 0.25) is 10.0 Å². The van der Waals surface area contributed by atoms with Crippen LogP contribution in [0, 0.1) is 0 Å². The van der Waals surface area contributed by atoms with E-state index >= 15 is 0 Å². The number of ether oxygens (including phenoxy) is 2. The van der Waals surface area contributed by atoms with Crippen molar-refractivity contribution in [3.05, 3.63) is 41.5 Å². The number of rotatable bonds is 4. The summed E-state index contributed by atoms with van der Waals surface area (Å²) in [5, 5.41) is 3.98. The predicted octanol–water partition coefficient (Wildman–Crippen LogP) is 0.748. The smallest absolute Gasteiger partial charge is 0.504 e. The van der Waals surface area contributed by atoms with Gasteiger partial charge in [0, 0.05) is 5.69 Å². The van der Waals surface area contributed by atoms with Crippen LogP contribution >= 0.6 is 0 Å². The summed E-state index contributed by atoms with van der Waals surface area (Å²) in [5.41, 5.74) is 6.01. The van der Waals surface area contributed by atoms with Gasteiger partial charge in [0.25, 0.3) is 0 Å². The average Bonchev–Trinajstić information content (AvgIpc) is 2.46. The van der Waals surface area contributed by atoms with Gasteiger partial charge in [-0.05, 0) is 30.3 Å². The first-order chi connectivity index (χ1) is 9.94. The quantitative estimate of drug-likeness (QED) is 0.552. The number of hydrogen-bond acceptors (Lipinski definition) is 6. The number of methoxy groups -OCH3 is 2. The Morgan fingerprint density at radius 2 is 1.86 bits per heavy atom. The number of nitrogens with zero attached hydrogens (tertiary/aromatic N) is 2. The summed E-state index contributed by atoms with van der Waals surface area (Å²) >= 11 is 0. The number of sulfonamides is 1. The SMILES string of the molecule is COC1=CC(NS(=O)(=O)c2ccc(N)cc2)[N-]C(OC)=N1.[Ag+]. The summed E-state index contributed by atoms with van der Waals surface area (Å²) in [6, 6.07) is 5.86. The molecule has 0 aliphatic carbocycles. The number of anilines is 1. The summed E-state index contributed by atoms with van der Waals surface area (Å²) in [6.45, 7) is 0. The number of nitrogens with two attached hydrogens (primary N) is 1. The monoisotopic (exact) mass is 418 g/mol. The molecule has 1 unspecified atom stereocenters. The zero-order chi connectivity index (χ0) is 15.5. The normalized spacial score (nSPS) is 17.5. The standard InChI is InChI=1S/C12H15N4O4S.Ag/c1-19-11-7-10(14-12(15-11)20-2)16-21(17,18)9-5-3-8(13)4-6-9;/h3-7,10,16H,13H2,1-2H3;/q-1;+1. The van der Waals surface area contributed by atoms with E-state index in [1.807, 2.05) is 0 Å². The molecule has 1 aliphatic rings. The minimum atomic E-state index is -3.75. The first-order valence-corrected chi connectivity index (χ1v) is 7.40. The van der Waals surface area contributed by atoms with Gasteiger partial charge in [0.1, 0.15) is 11.9 Å². The molecule has 2 rings (SSSR count). The zero-order valence-electron chi connectivity index (χ0n) is 11.8. The summed E-state index contributed by atoms with van der Waals surface area (Å²) in [5.74, 6) is 0.215. The Kier molecular flexibility index (Phi) is 6.45. The van der Waals surface area contributed by atoms with Gasteiger partial charge in [-0.15, -0.1) is 0 Å². The van der Waals surface area contributed by atoms with Crippen molar-refractivity contribution in [2.75, 3.05) is 20.0 Å². The second-order valence-corrected chi connectivity index (χ2v) is 5.79. The molecule has 1 aliphatic heterocycles. The predicted molar refractivity (Wildman–Crippen MR) is 77.9 cm³/mol. The molecular formula is C12H15AgN4O4S. The van der Waals surface area contributed by atoms with E-state index in [4.69, 9.17) is 15.2 Å². The number of amidine groups is 1. The van der Waals surface area contributed by atoms with Crippen molar-refractivity contribution >= 4 is 21.7 Å². The fourth-order valence-electron chi connectivity index (χ4n) is 1.60. The van der Waals surface area contributed by atoms with Crippen molar-refractivity contribution in [2.45, 2.75) is 11.1 Å². The Balaban J connectivity index is 0.00000242. The Morgan fingerprint density at radius 3 is 2.41 bits per heavy atom. The first kappa shape index (κ1) is 18.5. The van der Waals surface area contributed by atoms with Crippen LogP contribution in [0.2, 0.25) is 0 Å². The Bertz CT molecular complexity index is 673. The summed E-state index contributed by atoms with van der Waals surface area (Å²) in [6.07, 6.45) is 0.562. The van der Waals surface area contributed by atoms with E-state index in [0.29, 0.717) is 5.69 Å². The van der Waals surface area contributed by atoms with Gasteiger partial charge in [-0.2, -0.15) is 0 Å². The van der Waals surface area contributed by atoms with E-state index in [9.17, 15) is 8.42 Å². The fourth-order valence-corrected chi connectivity index (χ4v) is 2.67. The van der Waals surface area contributed by atoms with Gasteiger partial charge in [0.05, 0.1) is 25.3 Å². The second kappa shape index (κ2) is 7.66. The topological polar surface area (TPSA) is 117 Å². The molecule has 1 atom stereocenters. The molecule has 0 saturated carbocycles. The molecule has 10 heteroatoms. The van der Waals surface area contributed by atoms with E-state index in [2.05, 4.69) is 15.0 Å². The Morgan fingerprint density at radius 1 is 1.23 bits per heavy atom. The van der Waals surface area contributed by atoms with E-state index in [-0.39, 0.29) is 39.2 Å². The van der Waals surface area contributed by atoms with Crippen LogP contribution < -0.4 is 10.5 Å². The Hall–Kier alpha value is -1.52. The first-order valence-electron chi connectivity index (χ1n) is 5.92. The largest absolute Gasteiger partial charge is 1.00 e. The van der Waals surface area contributed by atoms with Crippen molar-refractivity contribution in [3.8, 4) is 0 Å². The second-order valence-electron chi connectivity index (χ2n) is 4.07. The van der Waals surface area contributed by atoms with E-state index in [0.717, 1.165) is 0 Å². The summed E-state index contributed by atoms with van der Waals surface area (Å²) in [7, 11) is -0.952. The van der Waals surface area contributed by atoms with Gasteiger partial charge in [-0.3, -0.25) is 0 Å². The maximum atomic E-state index is 12.2. The minimum absolute atomic E-state index is 0. The molecule has 1 heterocycles. The van der Waals surface area contributed by atoms with E-state index in [1.165, 1.54) is 44.6 Å². The third kappa shape index (κ3) is 4.49. The maximum Gasteiger partial charge on any atom is 1.00 e. The molecule has 0 saturated heterocycles. The number of nitrogens with one attached hydrogen (secondary N) is 1. The average molecular weight is 419 g/mol. The van der Waals surface area contributed by atoms with Crippen molar-refractivity contribution in [1.29, 1.82) is 0 Å². The molecule has 0 radical (unpaired) electrons. The van der Waals surface area contributed by atoms with Crippen LogP contribution in [-0.4, -0.2) is 34.8 Å². The van der Waals surface area contributed by atoms with Crippen LogP contribution in [0.25, 0.3) is 5.32 Å². The van der Waals surface area contributed by atoms with E-state index in [1.54, 1.807) is 0 Å². The third-order valence-corrected chi connectivity index (χ3v) is 4.06. The molecule has 22 heavy (non-hydrogen) atoms. The number of nitrogen functional groups attached to an aromatic ring is 1. The van der Waals surface area contributed by atoms with Crippen LogP contribution in [0.4, 0.5) is 5.69 Å². The van der Waals surface area contributed by atoms with Crippen molar-refractivity contribution in [3.63, 3.8) is 0 Å². The number of benzene rings is 1. The minimum Gasteiger partial charge on any atom is -0.504 e. The molecule has 8 nitrogen and oxygen atoms in total. The van der Waals surface area contributed by atoms with Gasteiger partial charge >= 0.3 is 22.4 Å². The molecule has 1 aromatic rings. The fraction of sp³-hybridized carbons (Fsp3) is 0.250. The van der Waals surface area contributed by atoms with E-state index < -0.39 is 16.2 Å². The molecule has 0 bridgehead atoms. The molecule has 0 spiro atoms. The Labute approximate surface area is 144 Å². The summed E-state index contributed by atoms with van der Waals surface area (Å²) in [4.78, 5) is 3.98. The molecule has 1 aromatic carbocycles. The van der Waals surface area contributed by atoms with Crippen LogP contribution in [0.1, 0.15) is 0 Å². The van der Waals surface area contributed by atoms with Crippen LogP contribution in [0.3, 0.4) is 0 Å². The van der Waals surface area contributed by atoms with Gasteiger partial charge in [0.15, 0.2) is 0 Å². The van der Waals surface area contributed by atoms with Gasteiger partial charge in [-0.1, -0.05) is 0 Å². The molecular weight excluding hydrogens is 404 g/mol. The van der Waals surface area contributed by atoms with Gasteiger partial charge < -0.3 is 25.5 Å². The zero-order valence-corrected chi connectivity index (χ0v) is 14.1. The summed E-state index contributed by atoms with van der Waals surface area (Å²) < 4.78 is 36.8. The molecule has 0 fully saturated rings. The van der Waals surface area contributed by atoms with Crippen molar-refractivity contribution in [1.82, 2.24) is 4.72 Å². The van der Waals surface area contributed by atoms with Crippen molar-refractivity contribution < 1.29 is 40.3 Å². The van der Waals surface area contributed by atoms with Crippen molar-refractivity contribution in [2.24, 2.45) is 4.99 Å². The maximum absolute atomic E-state index is 12.2. The molecule has 124 valence electrons. The molecule has 3 N–H and O–H groups in total. The van der Waals surface area contributed by atoms with Crippen LogP contribution in [0.5, 0.6) is 0 Å². The number of hydrogen-bond donors (Lipinski definition) is 2. The van der Waals surface area contributed by atoms with Gasteiger partial charge in [-0.25, -0.2) is 13.1 Å². The third-order valence-electron chi connectivity index (χ3n) is 2.61. The molecule has 0 amide bonds. The molecule has 0 aromatic heterocycles.